The molecule has 27 heavy (non-hydrogen) atoms. The molecule has 3 rings (SSSR count). The van der Waals surface area contributed by atoms with E-state index < -0.39 is 6.04 Å². The second-order valence-corrected chi connectivity index (χ2v) is 5.61. The smallest absolute Gasteiger partial charge is 0.251 e. The van der Waals surface area contributed by atoms with Crippen molar-refractivity contribution in [3.05, 3.63) is 46.5 Å². The van der Waals surface area contributed by atoms with Gasteiger partial charge in [-0.15, -0.1) is 0 Å². The van der Waals surface area contributed by atoms with E-state index in [1.165, 1.54) is 7.05 Å². The molecule has 10 nitrogen and oxygen atoms in total. The lowest BCUT2D eigenvalue weighted by molar-refractivity contribution is 0.0963. The van der Waals surface area contributed by atoms with E-state index in [0.29, 0.717) is 16.7 Å². The van der Waals surface area contributed by atoms with Crippen LogP contribution < -0.4 is 27.4 Å². The number of pyridine rings is 1. The maximum Gasteiger partial charge on any atom is 0.251 e. The van der Waals surface area contributed by atoms with Crippen LogP contribution in [-0.4, -0.2) is 23.9 Å². The Labute approximate surface area is 154 Å². The van der Waals surface area contributed by atoms with Crippen LogP contribution in [0.3, 0.4) is 0 Å². The third kappa shape index (κ3) is 3.03. The molecule has 0 saturated heterocycles. The highest BCUT2D eigenvalue weighted by Gasteiger charge is 2.29. The first-order chi connectivity index (χ1) is 13.0. The molecule has 0 saturated carbocycles. The van der Waals surface area contributed by atoms with E-state index in [2.05, 4.69) is 25.9 Å². The highest BCUT2D eigenvalue weighted by Crippen LogP contribution is 2.40. The van der Waals surface area contributed by atoms with Crippen LogP contribution in [-0.2, 0) is 0 Å². The van der Waals surface area contributed by atoms with Crippen LogP contribution in [0.25, 0.3) is 0 Å². The molecule has 134 valence electrons. The Kier molecular flexibility index (Phi) is 4.47. The first-order valence-electron chi connectivity index (χ1n) is 7.81. The summed E-state index contributed by atoms with van der Waals surface area (Å²) in [6.45, 7) is 0. The fourth-order valence-corrected chi connectivity index (χ4v) is 2.82. The molecular weight excluding hydrogens is 346 g/mol. The highest BCUT2D eigenvalue weighted by atomic mass is 16.1. The maximum absolute atomic E-state index is 12.0. The van der Waals surface area contributed by atoms with Crippen LogP contribution in [0.4, 0.5) is 17.3 Å². The van der Waals surface area contributed by atoms with E-state index in [1.54, 1.807) is 30.5 Å². The number of carbonyl (C=O) groups is 1. The molecule has 2 heterocycles. The van der Waals surface area contributed by atoms with Gasteiger partial charge < -0.3 is 22.1 Å². The Balaban J connectivity index is 2.22. The van der Waals surface area contributed by atoms with Gasteiger partial charge in [-0.05, 0) is 17.7 Å². The largest absolute Gasteiger partial charge is 0.397 e. The summed E-state index contributed by atoms with van der Waals surface area (Å²) in [6.07, 6.45) is 1.78. The monoisotopic (exact) mass is 361 g/mol. The van der Waals surface area contributed by atoms with Crippen LogP contribution in [0, 0.1) is 22.8 Å². The number of aromatic nitrogens is 1. The molecule has 1 aromatic heterocycles. The topological polar surface area (TPSA) is 178 Å². The third-order valence-electron chi connectivity index (χ3n) is 4.05. The molecule has 0 radical (unpaired) electrons. The van der Waals surface area contributed by atoms with E-state index in [0.717, 1.165) is 0 Å². The number of amides is 1. The average molecular weight is 361 g/mol. The number of nitrogens with one attached hydrogen (secondary N) is 3. The lowest BCUT2D eigenvalue weighted by Crippen LogP contribution is -2.32. The van der Waals surface area contributed by atoms with E-state index >= 15 is 0 Å². The zero-order chi connectivity index (χ0) is 19.6. The van der Waals surface area contributed by atoms with Crippen molar-refractivity contribution in [2.75, 3.05) is 23.8 Å². The summed E-state index contributed by atoms with van der Waals surface area (Å²) in [6, 6.07) is 8.04. The zero-order valence-electron chi connectivity index (χ0n) is 14.2. The predicted molar refractivity (Wildman–Crippen MR) is 99.3 cm³/mol. The Bertz CT molecular complexity index is 1050. The molecule has 10 heteroatoms. The van der Waals surface area contributed by atoms with E-state index in [-0.39, 0.29) is 34.8 Å². The first kappa shape index (κ1) is 17.5. The molecule has 1 aliphatic rings. The number of nitrogens with zero attached hydrogens (tertiary/aromatic N) is 4. The molecule has 2 aromatic rings. The number of rotatable bonds is 2. The van der Waals surface area contributed by atoms with Crippen molar-refractivity contribution in [1.82, 2.24) is 15.6 Å². The van der Waals surface area contributed by atoms with Gasteiger partial charge in [0.1, 0.15) is 29.3 Å². The lowest BCUT2D eigenvalue weighted by atomic mass is 9.94. The number of anilines is 3. The molecule has 1 aliphatic heterocycles. The second kappa shape index (κ2) is 6.90. The van der Waals surface area contributed by atoms with Gasteiger partial charge in [-0.3, -0.25) is 10.1 Å². The summed E-state index contributed by atoms with van der Waals surface area (Å²) in [5.41, 5.74) is 13.7. The fraction of sp³-hybridized carbons (Fsp3) is 0.118. The van der Waals surface area contributed by atoms with E-state index in [1.807, 2.05) is 6.07 Å². The van der Waals surface area contributed by atoms with E-state index in [9.17, 15) is 10.1 Å². The number of hydrogen-bond donors (Lipinski definition) is 5. The minimum Gasteiger partial charge on any atom is -0.397 e. The van der Waals surface area contributed by atoms with Gasteiger partial charge in [0.05, 0.1) is 5.69 Å². The average Bonchev–Trinajstić information content (AvgIpc) is 2.67. The first-order valence-corrected chi connectivity index (χ1v) is 7.81. The van der Waals surface area contributed by atoms with Crippen LogP contribution >= 0.6 is 0 Å². The standard InChI is InChI=1S/C17H15N9O/c1-22-16(27)9-4-2-3-8(5-9)13-11-12(20)10(6-18)14(21)25-15(11)26-17(24-13)23-7-19/h2-5,13H,1H3,(H,22,27)(H6,20,21,23,24,25,26). The normalized spacial score (nSPS) is 14.6. The Morgan fingerprint density at radius 1 is 1.33 bits per heavy atom. The fourth-order valence-electron chi connectivity index (χ4n) is 2.82. The molecule has 7 N–H and O–H groups in total. The Morgan fingerprint density at radius 3 is 2.78 bits per heavy atom. The van der Waals surface area contributed by atoms with Gasteiger partial charge in [-0.2, -0.15) is 10.5 Å². The summed E-state index contributed by atoms with van der Waals surface area (Å²) in [4.78, 5) is 20.6. The number of carbonyl (C=O) groups excluding carboxylic acids is 1. The SMILES string of the molecule is CNC(=O)c1cccc(C2N=C(NC#N)Nc3nc(N)c(C#N)c(N)c32)c1. The summed E-state index contributed by atoms with van der Waals surface area (Å²) >= 11 is 0. The molecule has 0 fully saturated rings. The third-order valence-corrected chi connectivity index (χ3v) is 4.05. The Morgan fingerprint density at radius 2 is 2.11 bits per heavy atom. The number of aliphatic imine (C=N–C) groups is 1. The van der Waals surface area contributed by atoms with Gasteiger partial charge in [0.15, 0.2) is 6.19 Å². The number of nitrogen functional groups attached to an aromatic ring is 2. The lowest BCUT2D eigenvalue weighted by Gasteiger charge is -2.26. The summed E-state index contributed by atoms with van der Waals surface area (Å²) in [5, 5.41) is 26.1. The van der Waals surface area contributed by atoms with Crippen molar-refractivity contribution < 1.29 is 4.79 Å². The van der Waals surface area contributed by atoms with Crippen LogP contribution in [0.1, 0.15) is 33.1 Å². The summed E-state index contributed by atoms with van der Waals surface area (Å²) < 4.78 is 0. The van der Waals surface area contributed by atoms with Crippen molar-refractivity contribution in [3.8, 4) is 12.3 Å². The van der Waals surface area contributed by atoms with Gasteiger partial charge >= 0.3 is 0 Å². The van der Waals surface area contributed by atoms with Crippen LogP contribution in [0.15, 0.2) is 29.3 Å². The number of nitriles is 2. The molecule has 0 bridgehead atoms. The van der Waals surface area contributed by atoms with Crippen molar-refractivity contribution in [3.63, 3.8) is 0 Å². The molecule has 0 aliphatic carbocycles. The van der Waals surface area contributed by atoms with Gasteiger partial charge in [0.2, 0.25) is 5.96 Å². The molecule has 0 spiro atoms. The van der Waals surface area contributed by atoms with Gasteiger partial charge in [-0.25, -0.2) is 9.98 Å². The number of hydrogen-bond acceptors (Lipinski definition) is 9. The van der Waals surface area contributed by atoms with Crippen molar-refractivity contribution in [2.24, 2.45) is 4.99 Å². The number of benzene rings is 1. The van der Waals surface area contributed by atoms with E-state index in [4.69, 9.17) is 16.7 Å². The van der Waals surface area contributed by atoms with Crippen molar-refractivity contribution in [1.29, 1.82) is 10.5 Å². The minimum absolute atomic E-state index is 0.0303. The quantitative estimate of drug-likeness (QED) is 0.377. The molecular formula is C17H15N9O. The van der Waals surface area contributed by atoms with Crippen molar-refractivity contribution in [2.45, 2.75) is 6.04 Å². The Hall–Kier alpha value is -4.31. The molecule has 1 aromatic carbocycles. The minimum atomic E-state index is -0.693. The van der Waals surface area contributed by atoms with Crippen LogP contribution in [0.2, 0.25) is 0 Å². The van der Waals surface area contributed by atoms with Crippen LogP contribution in [0.5, 0.6) is 0 Å². The van der Waals surface area contributed by atoms with Crippen molar-refractivity contribution >= 4 is 29.2 Å². The number of fused-ring (bicyclic) bond motifs is 1. The highest BCUT2D eigenvalue weighted by molar-refractivity contribution is 5.99. The predicted octanol–water partition coefficient (Wildman–Crippen LogP) is 0.419. The number of nitrogens with two attached hydrogens (primary N) is 2. The summed E-state index contributed by atoms with van der Waals surface area (Å²) in [7, 11) is 1.53. The maximum atomic E-state index is 12.0. The second-order valence-electron chi connectivity index (χ2n) is 5.61. The van der Waals surface area contributed by atoms with Gasteiger partial charge in [0.25, 0.3) is 5.91 Å². The zero-order valence-corrected chi connectivity index (χ0v) is 14.2. The number of guanidine groups is 1. The van der Waals surface area contributed by atoms with Gasteiger partial charge in [-0.1, -0.05) is 12.1 Å². The molecule has 1 amide bonds. The van der Waals surface area contributed by atoms with Gasteiger partial charge in [0, 0.05) is 18.2 Å². The summed E-state index contributed by atoms with van der Waals surface area (Å²) in [5.74, 6) is 0.146. The molecule has 1 unspecified atom stereocenters. The molecule has 1 atom stereocenters.